The van der Waals surface area contributed by atoms with Crippen LogP contribution in [0.1, 0.15) is 32.7 Å². The highest BCUT2D eigenvalue weighted by Gasteiger charge is 2.10. The molecule has 0 aliphatic heterocycles. The van der Waals surface area contributed by atoms with Gasteiger partial charge in [0.15, 0.2) is 0 Å². The number of hydrogen-bond donors (Lipinski definition) is 2. The summed E-state index contributed by atoms with van der Waals surface area (Å²) in [5.41, 5.74) is 3.91. The minimum Gasteiger partial charge on any atom is -0.423 e. The van der Waals surface area contributed by atoms with E-state index in [9.17, 15) is 14.4 Å². The lowest BCUT2D eigenvalue weighted by atomic mass is 10.2. The average Bonchev–Trinajstić information content (AvgIpc) is 2.81. The first-order valence-corrected chi connectivity index (χ1v) is 10.1. The van der Waals surface area contributed by atoms with Crippen LogP contribution in [0.4, 0.5) is 0 Å². The van der Waals surface area contributed by atoms with Crippen LogP contribution in [0.25, 0.3) is 0 Å². The van der Waals surface area contributed by atoms with E-state index in [1.165, 1.54) is 6.21 Å². The quantitative estimate of drug-likeness (QED) is 0.236. The Morgan fingerprint density at radius 2 is 1.59 bits per heavy atom. The van der Waals surface area contributed by atoms with E-state index < -0.39 is 5.97 Å². The second-order valence-electron chi connectivity index (χ2n) is 6.60. The fourth-order valence-corrected chi connectivity index (χ4v) is 2.85. The van der Waals surface area contributed by atoms with Crippen LogP contribution in [-0.4, -0.2) is 30.5 Å². The molecule has 3 aromatic carbocycles. The van der Waals surface area contributed by atoms with Gasteiger partial charge in [0.1, 0.15) is 5.75 Å². The number of hydrazone groups is 1. The van der Waals surface area contributed by atoms with Crippen molar-refractivity contribution in [2.45, 2.75) is 6.42 Å². The Labute approximate surface area is 190 Å². The number of benzene rings is 3. The predicted octanol–water partition coefficient (Wildman–Crippen LogP) is 3.83. The maximum Gasteiger partial charge on any atom is 0.343 e. The molecule has 2 amide bonds. The fraction of sp³-hybridized carbons (Fsp3) is 0.0833. The predicted molar refractivity (Wildman–Crippen MR) is 122 cm³/mol. The fourth-order valence-electron chi connectivity index (χ4n) is 2.63. The van der Waals surface area contributed by atoms with Crippen LogP contribution in [0.3, 0.4) is 0 Å². The van der Waals surface area contributed by atoms with E-state index in [2.05, 4.69) is 15.8 Å². The van der Waals surface area contributed by atoms with Crippen molar-refractivity contribution < 1.29 is 19.1 Å². The van der Waals surface area contributed by atoms with E-state index in [0.29, 0.717) is 27.5 Å². The van der Waals surface area contributed by atoms with Crippen molar-refractivity contribution >= 4 is 35.6 Å². The van der Waals surface area contributed by atoms with Gasteiger partial charge >= 0.3 is 5.97 Å². The van der Waals surface area contributed by atoms with Gasteiger partial charge in [-0.25, -0.2) is 10.2 Å². The number of ether oxygens (including phenoxy) is 1. The minimum atomic E-state index is -0.444. The van der Waals surface area contributed by atoms with Crippen LogP contribution in [0.5, 0.6) is 5.75 Å². The molecule has 0 saturated heterocycles. The topological polar surface area (TPSA) is 96.9 Å². The monoisotopic (exact) mass is 449 g/mol. The summed E-state index contributed by atoms with van der Waals surface area (Å²) >= 11 is 5.97. The third-order valence-electron chi connectivity index (χ3n) is 4.26. The normalized spacial score (nSPS) is 10.5. The zero-order chi connectivity index (χ0) is 22.8. The van der Waals surface area contributed by atoms with Crippen molar-refractivity contribution in [2.75, 3.05) is 6.54 Å². The van der Waals surface area contributed by atoms with Crippen molar-refractivity contribution in [3.8, 4) is 5.75 Å². The first-order chi connectivity index (χ1) is 15.5. The number of nitrogens with one attached hydrogen (secondary N) is 2. The molecule has 0 aliphatic rings. The highest BCUT2D eigenvalue weighted by Crippen LogP contribution is 2.15. The van der Waals surface area contributed by atoms with Crippen molar-refractivity contribution in [1.82, 2.24) is 10.7 Å². The molecule has 3 rings (SSSR count). The SMILES string of the molecule is O=C(CCNC(=O)c1ccccc1Cl)NN=Cc1ccc(OC(=O)c2ccccc2)cc1. The van der Waals surface area contributed by atoms with Crippen molar-refractivity contribution in [3.63, 3.8) is 0 Å². The van der Waals surface area contributed by atoms with Gasteiger partial charge < -0.3 is 10.1 Å². The summed E-state index contributed by atoms with van der Waals surface area (Å²) in [6.07, 6.45) is 1.52. The average molecular weight is 450 g/mol. The molecule has 3 aromatic rings. The third kappa shape index (κ3) is 6.78. The van der Waals surface area contributed by atoms with Crippen LogP contribution >= 0.6 is 11.6 Å². The van der Waals surface area contributed by atoms with Crippen LogP contribution in [0.15, 0.2) is 84.0 Å². The molecule has 2 N–H and O–H groups in total. The van der Waals surface area contributed by atoms with Gasteiger partial charge in [-0.1, -0.05) is 41.9 Å². The molecule has 0 atom stereocenters. The maximum atomic E-state index is 12.0. The van der Waals surface area contributed by atoms with E-state index in [4.69, 9.17) is 16.3 Å². The lowest BCUT2D eigenvalue weighted by Gasteiger charge is -2.06. The molecule has 0 aromatic heterocycles. The maximum absolute atomic E-state index is 12.0. The van der Waals surface area contributed by atoms with Gasteiger partial charge in [0.25, 0.3) is 5.91 Å². The lowest BCUT2D eigenvalue weighted by molar-refractivity contribution is -0.120. The van der Waals surface area contributed by atoms with Crippen LogP contribution < -0.4 is 15.5 Å². The van der Waals surface area contributed by atoms with Crippen LogP contribution in [-0.2, 0) is 4.79 Å². The van der Waals surface area contributed by atoms with Gasteiger partial charge in [-0.2, -0.15) is 5.10 Å². The number of hydrogen-bond acceptors (Lipinski definition) is 5. The van der Waals surface area contributed by atoms with E-state index >= 15 is 0 Å². The molecule has 0 bridgehead atoms. The summed E-state index contributed by atoms with van der Waals surface area (Å²) in [4.78, 5) is 35.9. The van der Waals surface area contributed by atoms with Crippen molar-refractivity contribution in [1.29, 1.82) is 0 Å². The number of halogens is 1. The van der Waals surface area contributed by atoms with E-state index in [0.717, 1.165) is 0 Å². The number of esters is 1. The number of carbonyl (C=O) groups is 3. The summed E-state index contributed by atoms with van der Waals surface area (Å²) in [6, 6.07) is 22.0. The smallest absolute Gasteiger partial charge is 0.343 e. The van der Waals surface area contributed by atoms with E-state index in [-0.39, 0.29) is 24.8 Å². The summed E-state index contributed by atoms with van der Waals surface area (Å²) in [5, 5.41) is 6.87. The third-order valence-corrected chi connectivity index (χ3v) is 4.59. The second-order valence-corrected chi connectivity index (χ2v) is 7.01. The minimum absolute atomic E-state index is 0.0574. The molecule has 162 valence electrons. The Bertz CT molecular complexity index is 1120. The first-order valence-electron chi connectivity index (χ1n) is 9.75. The Morgan fingerprint density at radius 1 is 0.906 bits per heavy atom. The molecule has 0 fully saturated rings. The number of nitrogens with zero attached hydrogens (tertiary/aromatic N) is 1. The van der Waals surface area contributed by atoms with Gasteiger partial charge in [0.2, 0.25) is 5.91 Å². The highest BCUT2D eigenvalue weighted by atomic mass is 35.5. The summed E-state index contributed by atoms with van der Waals surface area (Å²) in [5.74, 6) is -0.746. The molecule has 0 saturated carbocycles. The van der Waals surface area contributed by atoms with Crippen molar-refractivity contribution in [2.24, 2.45) is 5.10 Å². The Balaban J connectivity index is 1.40. The molecular formula is C24H20ClN3O4. The zero-order valence-corrected chi connectivity index (χ0v) is 17.7. The van der Waals surface area contributed by atoms with E-state index in [1.807, 2.05) is 6.07 Å². The molecule has 0 aliphatic carbocycles. The second kappa shape index (κ2) is 11.4. The molecule has 0 spiro atoms. The molecule has 7 nitrogen and oxygen atoms in total. The first kappa shape index (κ1) is 22.7. The van der Waals surface area contributed by atoms with Gasteiger partial charge in [-0.15, -0.1) is 0 Å². The summed E-state index contributed by atoms with van der Waals surface area (Å²) in [6.45, 7) is 0.146. The Kier molecular flexibility index (Phi) is 8.11. The van der Waals surface area contributed by atoms with Crippen molar-refractivity contribution in [3.05, 3.63) is 101 Å². The molecule has 0 heterocycles. The lowest BCUT2D eigenvalue weighted by Crippen LogP contribution is -2.29. The zero-order valence-electron chi connectivity index (χ0n) is 17.0. The van der Waals surface area contributed by atoms with Crippen LogP contribution in [0, 0.1) is 0 Å². The Morgan fingerprint density at radius 3 is 2.31 bits per heavy atom. The molecule has 8 heteroatoms. The van der Waals surface area contributed by atoms with Gasteiger partial charge in [-0.3, -0.25) is 9.59 Å². The largest absolute Gasteiger partial charge is 0.423 e. The standard InChI is InChI=1S/C24H20ClN3O4/c25-21-9-5-4-8-20(21)23(30)26-15-14-22(29)28-27-16-17-10-12-19(13-11-17)32-24(31)18-6-2-1-3-7-18/h1-13,16H,14-15H2,(H,26,30)(H,28,29). The van der Waals surface area contributed by atoms with Gasteiger partial charge in [0, 0.05) is 13.0 Å². The van der Waals surface area contributed by atoms with E-state index in [1.54, 1.807) is 72.8 Å². The van der Waals surface area contributed by atoms with Gasteiger partial charge in [0.05, 0.1) is 22.4 Å². The Hall–Kier alpha value is -3.97. The number of carbonyl (C=O) groups excluding carboxylic acids is 3. The van der Waals surface area contributed by atoms with Crippen LogP contribution in [0.2, 0.25) is 5.02 Å². The molecular weight excluding hydrogens is 430 g/mol. The summed E-state index contributed by atoms with van der Waals surface area (Å²) < 4.78 is 5.31. The molecule has 0 radical (unpaired) electrons. The highest BCUT2D eigenvalue weighted by molar-refractivity contribution is 6.33. The molecule has 32 heavy (non-hydrogen) atoms. The molecule has 0 unspecified atom stereocenters. The summed E-state index contributed by atoms with van der Waals surface area (Å²) in [7, 11) is 0. The van der Waals surface area contributed by atoms with Gasteiger partial charge in [-0.05, 0) is 54.1 Å². The number of rotatable bonds is 8. The number of amides is 2.